The number of para-hydroxylation sites is 1. The Bertz CT molecular complexity index is 999. The largest absolute Gasteiger partial charge is 0.488 e. The average molecular weight is 389 g/mol. The highest BCUT2D eigenvalue weighted by molar-refractivity contribution is 5.97. The van der Waals surface area contributed by atoms with Crippen molar-refractivity contribution in [3.63, 3.8) is 0 Å². The lowest BCUT2D eigenvalue weighted by molar-refractivity contribution is -0.119. The van der Waals surface area contributed by atoms with E-state index in [4.69, 9.17) is 9.47 Å². The first-order valence-electron chi connectivity index (χ1n) is 9.33. The fourth-order valence-electron chi connectivity index (χ4n) is 2.78. The predicted molar refractivity (Wildman–Crippen MR) is 112 cm³/mol. The number of ether oxygens (including phenoxy) is 2. The number of hydrogen-bond donors (Lipinski definition) is 1. The van der Waals surface area contributed by atoms with Crippen LogP contribution in [0.2, 0.25) is 0 Å². The molecule has 0 spiro atoms. The van der Waals surface area contributed by atoms with Gasteiger partial charge in [-0.25, -0.2) is 4.79 Å². The van der Waals surface area contributed by atoms with Crippen LogP contribution in [0.3, 0.4) is 0 Å². The number of carbonyl (C=O) groups excluding carboxylic acids is 2. The third-order valence-corrected chi connectivity index (χ3v) is 4.56. The SMILES string of the molecule is Cc1cccc(NC(=O)COC(=O)c2ccccc2OCc2ccccc2)c1C. The third kappa shape index (κ3) is 5.45. The zero-order valence-electron chi connectivity index (χ0n) is 16.5. The summed E-state index contributed by atoms with van der Waals surface area (Å²) in [6, 6.07) is 22.1. The number of hydrogen-bond acceptors (Lipinski definition) is 4. The van der Waals surface area contributed by atoms with Crippen LogP contribution in [-0.2, 0) is 16.1 Å². The molecule has 0 atom stereocenters. The lowest BCUT2D eigenvalue weighted by Gasteiger charge is -2.12. The molecule has 1 amide bonds. The van der Waals surface area contributed by atoms with Crippen molar-refractivity contribution in [3.05, 3.63) is 95.1 Å². The van der Waals surface area contributed by atoms with E-state index in [0.717, 1.165) is 16.7 Å². The standard InChI is InChI=1S/C24H23NO4/c1-17-9-8-13-21(18(17)2)25-23(26)16-29-24(27)20-12-6-7-14-22(20)28-15-19-10-4-3-5-11-19/h3-14H,15-16H2,1-2H3,(H,25,26). The number of aryl methyl sites for hydroxylation is 1. The normalized spacial score (nSPS) is 10.3. The van der Waals surface area contributed by atoms with E-state index in [0.29, 0.717) is 18.0 Å². The van der Waals surface area contributed by atoms with Crippen molar-refractivity contribution in [3.8, 4) is 5.75 Å². The molecule has 0 bridgehead atoms. The highest BCUT2D eigenvalue weighted by atomic mass is 16.5. The Balaban J connectivity index is 1.59. The van der Waals surface area contributed by atoms with E-state index < -0.39 is 11.9 Å². The molecule has 5 heteroatoms. The van der Waals surface area contributed by atoms with Crippen molar-refractivity contribution >= 4 is 17.6 Å². The van der Waals surface area contributed by atoms with Crippen LogP contribution in [0, 0.1) is 13.8 Å². The number of benzene rings is 3. The van der Waals surface area contributed by atoms with Gasteiger partial charge in [0, 0.05) is 5.69 Å². The van der Waals surface area contributed by atoms with Crippen LogP contribution >= 0.6 is 0 Å². The van der Waals surface area contributed by atoms with Crippen molar-refractivity contribution in [1.29, 1.82) is 0 Å². The first-order valence-corrected chi connectivity index (χ1v) is 9.33. The molecule has 3 rings (SSSR count). The van der Waals surface area contributed by atoms with E-state index in [9.17, 15) is 9.59 Å². The lowest BCUT2D eigenvalue weighted by atomic mass is 10.1. The van der Waals surface area contributed by atoms with Crippen LogP contribution in [0.15, 0.2) is 72.8 Å². The third-order valence-electron chi connectivity index (χ3n) is 4.56. The summed E-state index contributed by atoms with van der Waals surface area (Å²) in [5.74, 6) is -0.587. The topological polar surface area (TPSA) is 64.6 Å². The van der Waals surface area contributed by atoms with Gasteiger partial charge < -0.3 is 14.8 Å². The van der Waals surface area contributed by atoms with Crippen molar-refractivity contribution < 1.29 is 19.1 Å². The minimum atomic E-state index is -0.607. The Morgan fingerprint density at radius 2 is 1.59 bits per heavy atom. The molecule has 29 heavy (non-hydrogen) atoms. The molecular weight excluding hydrogens is 366 g/mol. The summed E-state index contributed by atoms with van der Waals surface area (Å²) in [7, 11) is 0. The predicted octanol–water partition coefficient (Wildman–Crippen LogP) is 4.68. The molecule has 0 saturated carbocycles. The highest BCUT2D eigenvalue weighted by Crippen LogP contribution is 2.21. The average Bonchev–Trinajstić information content (AvgIpc) is 2.75. The fraction of sp³-hybridized carbons (Fsp3) is 0.167. The maximum Gasteiger partial charge on any atom is 0.342 e. The van der Waals surface area contributed by atoms with Crippen molar-refractivity contribution in [2.75, 3.05) is 11.9 Å². The lowest BCUT2D eigenvalue weighted by Crippen LogP contribution is -2.21. The molecule has 0 heterocycles. The summed E-state index contributed by atoms with van der Waals surface area (Å²) in [4.78, 5) is 24.7. The minimum Gasteiger partial charge on any atom is -0.488 e. The fourth-order valence-corrected chi connectivity index (χ4v) is 2.78. The second-order valence-corrected chi connectivity index (χ2v) is 6.64. The van der Waals surface area contributed by atoms with Crippen LogP contribution < -0.4 is 10.1 Å². The van der Waals surface area contributed by atoms with Gasteiger partial charge in [0.15, 0.2) is 6.61 Å². The van der Waals surface area contributed by atoms with E-state index in [1.54, 1.807) is 24.3 Å². The second kappa shape index (κ2) is 9.55. The number of rotatable bonds is 7. The molecule has 0 aliphatic rings. The molecule has 0 radical (unpaired) electrons. The number of carbonyl (C=O) groups is 2. The van der Waals surface area contributed by atoms with Gasteiger partial charge in [-0.2, -0.15) is 0 Å². The quantitative estimate of drug-likeness (QED) is 0.596. The van der Waals surface area contributed by atoms with Crippen LogP contribution in [0.5, 0.6) is 5.75 Å². The van der Waals surface area contributed by atoms with Gasteiger partial charge in [-0.15, -0.1) is 0 Å². The van der Waals surface area contributed by atoms with Crippen LogP contribution in [-0.4, -0.2) is 18.5 Å². The van der Waals surface area contributed by atoms with Gasteiger partial charge in [0.05, 0.1) is 0 Å². The van der Waals surface area contributed by atoms with Crippen molar-refractivity contribution in [2.24, 2.45) is 0 Å². The molecule has 0 aromatic heterocycles. The van der Waals surface area contributed by atoms with Gasteiger partial charge >= 0.3 is 5.97 Å². The van der Waals surface area contributed by atoms with Crippen LogP contribution in [0.25, 0.3) is 0 Å². The second-order valence-electron chi connectivity index (χ2n) is 6.64. The number of nitrogens with one attached hydrogen (secondary N) is 1. The Morgan fingerprint density at radius 3 is 2.38 bits per heavy atom. The Kier molecular flexibility index (Phi) is 6.63. The molecule has 0 fully saturated rings. The van der Waals surface area contributed by atoms with E-state index in [1.165, 1.54) is 0 Å². The number of amides is 1. The zero-order valence-corrected chi connectivity index (χ0v) is 16.5. The highest BCUT2D eigenvalue weighted by Gasteiger charge is 2.16. The molecule has 5 nitrogen and oxygen atoms in total. The Hall–Kier alpha value is -3.60. The number of esters is 1. The molecule has 1 N–H and O–H groups in total. The summed E-state index contributed by atoms with van der Waals surface area (Å²) >= 11 is 0. The van der Waals surface area contributed by atoms with Gasteiger partial charge in [0.1, 0.15) is 17.9 Å². The van der Waals surface area contributed by atoms with E-state index in [2.05, 4.69) is 5.32 Å². The molecule has 3 aromatic rings. The Labute approximate surface area is 170 Å². The smallest absolute Gasteiger partial charge is 0.342 e. The van der Waals surface area contributed by atoms with Crippen LogP contribution in [0.4, 0.5) is 5.69 Å². The maximum absolute atomic E-state index is 12.5. The summed E-state index contributed by atoms with van der Waals surface area (Å²) in [5, 5.41) is 2.77. The first kappa shape index (κ1) is 20.1. The molecule has 0 unspecified atom stereocenters. The monoisotopic (exact) mass is 389 g/mol. The summed E-state index contributed by atoms with van der Waals surface area (Å²) < 4.78 is 11.0. The summed E-state index contributed by atoms with van der Waals surface area (Å²) in [5.41, 5.74) is 4.03. The zero-order chi connectivity index (χ0) is 20.6. The first-order chi connectivity index (χ1) is 14.0. The van der Waals surface area contributed by atoms with E-state index >= 15 is 0 Å². The molecule has 0 aliphatic heterocycles. The van der Waals surface area contributed by atoms with Gasteiger partial charge in [-0.05, 0) is 48.7 Å². The molecule has 3 aromatic carbocycles. The Morgan fingerprint density at radius 1 is 0.862 bits per heavy atom. The molecule has 0 saturated heterocycles. The van der Waals surface area contributed by atoms with Gasteiger partial charge in [-0.1, -0.05) is 54.6 Å². The molecular formula is C24H23NO4. The van der Waals surface area contributed by atoms with Crippen molar-refractivity contribution in [1.82, 2.24) is 0 Å². The van der Waals surface area contributed by atoms with Gasteiger partial charge in [-0.3, -0.25) is 4.79 Å². The minimum absolute atomic E-state index is 0.281. The molecule has 0 aliphatic carbocycles. The van der Waals surface area contributed by atoms with Gasteiger partial charge in [0.25, 0.3) is 5.91 Å². The molecule has 148 valence electrons. The van der Waals surface area contributed by atoms with E-state index in [-0.39, 0.29) is 12.2 Å². The van der Waals surface area contributed by atoms with Crippen LogP contribution in [0.1, 0.15) is 27.0 Å². The summed E-state index contributed by atoms with van der Waals surface area (Å²) in [6.07, 6.45) is 0. The van der Waals surface area contributed by atoms with Crippen molar-refractivity contribution in [2.45, 2.75) is 20.5 Å². The summed E-state index contributed by atoms with van der Waals surface area (Å²) in [6.45, 7) is 3.85. The van der Waals surface area contributed by atoms with E-state index in [1.807, 2.05) is 62.4 Å². The number of anilines is 1. The van der Waals surface area contributed by atoms with Gasteiger partial charge in [0.2, 0.25) is 0 Å². The maximum atomic E-state index is 12.5.